The summed E-state index contributed by atoms with van der Waals surface area (Å²) >= 11 is 0. The fourth-order valence-corrected chi connectivity index (χ4v) is 3.76. The van der Waals surface area contributed by atoms with E-state index in [0.717, 1.165) is 41.2 Å². The van der Waals surface area contributed by atoms with Gasteiger partial charge in [0, 0.05) is 62.1 Å². The van der Waals surface area contributed by atoms with Gasteiger partial charge in [-0.1, -0.05) is 0 Å². The van der Waals surface area contributed by atoms with Crippen LogP contribution >= 0.6 is 0 Å². The van der Waals surface area contributed by atoms with Crippen LogP contribution in [0.2, 0.25) is 0 Å². The molecule has 0 bridgehead atoms. The first kappa shape index (κ1) is 17.7. The summed E-state index contributed by atoms with van der Waals surface area (Å²) in [4.78, 5) is 11.6. The van der Waals surface area contributed by atoms with Crippen LogP contribution in [-0.4, -0.2) is 51.5 Å². The zero-order valence-electron chi connectivity index (χ0n) is 16.2. The van der Waals surface area contributed by atoms with Gasteiger partial charge < -0.3 is 15.1 Å². The first-order chi connectivity index (χ1) is 14.0. The third-order valence-electron chi connectivity index (χ3n) is 5.48. The van der Waals surface area contributed by atoms with Crippen LogP contribution in [0, 0.1) is 5.92 Å². The van der Waals surface area contributed by atoms with E-state index in [4.69, 9.17) is 4.98 Å². The number of fused-ring (bicyclic) bond motifs is 1. The van der Waals surface area contributed by atoms with E-state index in [1.165, 1.54) is 18.9 Å². The fourth-order valence-electron chi connectivity index (χ4n) is 3.76. The predicted octanol–water partition coefficient (Wildman–Crippen LogP) is 3.60. The van der Waals surface area contributed by atoms with Gasteiger partial charge in [0.2, 0.25) is 0 Å². The highest BCUT2D eigenvalue weighted by Gasteiger charge is 2.26. The van der Waals surface area contributed by atoms with E-state index >= 15 is 0 Å². The number of likely N-dealkylation sites (N-methyl/N-ethyl adjacent to an activating group) is 1. The Morgan fingerprint density at radius 3 is 2.52 bits per heavy atom. The number of phenols is 2. The molecule has 5 rings (SSSR count). The molecule has 0 amide bonds. The van der Waals surface area contributed by atoms with Crippen molar-refractivity contribution in [3.63, 3.8) is 0 Å². The van der Waals surface area contributed by atoms with Gasteiger partial charge in [-0.2, -0.15) is 5.10 Å². The van der Waals surface area contributed by atoms with Gasteiger partial charge in [0.1, 0.15) is 11.5 Å². The van der Waals surface area contributed by atoms with Gasteiger partial charge in [0.25, 0.3) is 0 Å². The van der Waals surface area contributed by atoms with Gasteiger partial charge >= 0.3 is 0 Å². The Morgan fingerprint density at radius 1 is 1.03 bits per heavy atom. The highest BCUT2D eigenvalue weighted by molar-refractivity contribution is 5.82. The van der Waals surface area contributed by atoms with Gasteiger partial charge in [0.05, 0.1) is 22.6 Å². The highest BCUT2D eigenvalue weighted by Crippen LogP contribution is 2.38. The van der Waals surface area contributed by atoms with Crippen LogP contribution in [0.15, 0.2) is 47.7 Å². The Bertz CT molecular complexity index is 1080. The second-order valence-corrected chi connectivity index (χ2v) is 7.94. The lowest BCUT2D eigenvalue weighted by molar-refractivity contribution is 0.380. The number of benzene rings is 2. The van der Waals surface area contributed by atoms with Crippen molar-refractivity contribution in [2.75, 3.05) is 25.0 Å². The van der Waals surface area contributed by atoms with E-state index in [0.29, 0.717) is 5.92 Å². The average Bonchev–Trinajstić information content (AvgIpc) is 3.42. The Morgan fingerprint density at radius 2 is 1.83 bits per heavy atom. The van der Waals surface area contributed by atoms with Crippen LogP contribution in [0.3, 0.4) is 0 Å². The van der Waals surface area contributed by atoms with Crippen LogP contribution < -0.4 is 4.90 Å². The summed E-state index contributed by atoms with van der Waals surface area (Å²) in [5.41, 5.74) is 4.31. The van der Waals surface area contributed by atoms with Crippen molar-refractivity contribution in [2.24, 2.45) is 11.0 Å². The molecule has 148 valence electrons. The van der Waals surface area contributed by atoms with E-state index in [1.54, 1.807) is 12.1 Å². The number of nitrogens with zero attached hydrogens (tertiary/aromatic N) is 5. The third kappa shape index (κ3) is 3.68. The molecule has 2 N–H and O–H groups in total. The summed E-state index contributed by atoms with van der Waals surface area (Å²) in [7, 11) is 1.95. The van der Waals surface area contributed by atoms with Gasteiger partial charge in [-0.25, -0.2) is 4.98 Å². The van der Waals surface area contributed by atoms with Crippen molar-refractivity contribution in [3.05, 3.63) is 48.3 Å². The maximum absolute atomic E-state index is 9.96. The lowest BCUT2D eigenvalue weighted by Crippen LogP contribution is -2.20. The van der Waals surface area contributed by atoms with Crippen molar-refractivity contribution in [2.45, 2.75) is 18.8 Å². The minimum absolute atomic E-state index is 0.0494. The smallest absolute Gasteiger partial charge is 0.121 e. The summed E-state index contributed by atoms with van der Waals surface area (Å²) in [5.74, 6) is 0.866. The van der Waals surface area contributed by atoms with Crippen LogP contribution in [0.4, 0.5) is 11.4 Å². The fraction of sp³-hybridized carbons (Fsp3) is 0.318. The van der Waals surface area contributed by atoms with Gasteiger partial charge in [0.15, 0.2) is 0 Å². The number of hydrogen-bond acceptors (Lipinski definition) is 7. The van der Waals surface area contributed by atoms with Crippen molar-refractivity contribution in [1.29, 1.82) is 0 Å². The number of aromatic nitrogens is 2. The Labute approximate surface area is 168 Å². The molecule has 29 heavy (non-hydrogen) atoms. The number of phenolic OH excluding ortho intramolecular Hbond substituents is 2. The van der Waals surface area contributed by atoms with Crippen LogP contribution in [0.5, 0.6) is 11.5 Å². The lowest BCUT2D eigenvalue weighted by atomic mass is 10.1. The van der Waals surface area contributed by atoms with Crippen molar-refractivity contribution >= 4 is 28.6 Å². The third-order valence-corrected chi connectivity index (χ3v) is 5.48. The molecule has 7 nitrogen and oxygen atoms in total. The molecule has 1 aromatic heterocycles. The molecule has 0 radical (unpaired) electrons. The second-order valence-electron chi connectivity index (χ2n) is 7.94. The first-order valence-electron chi connectivity index (χ1n) is 9.88. The molecule has 1 aliphatic carbocycles. The van der Waals surface area contributed by atoms with Crippen molar-refractivity contribution in [3.8, 4) is 11.5 Å². The summed E-state index contributed by atoms with van der Waals surface area (Å²) in [5, 5.41) is 26.1. The second kappa shape index (κ2) is 6.92. The largest absolute Gasteiger partial charge is 0.508 e. The summed E-state index contributed by atoms with van der Waals surface area (Å²) < 4.78 is 0. The van der Waals surface area contributed by atoms with Crippen LogP contribution in [-0.2, 0) is 0 Å². The Hall–Kier alpha value is -3.35. The molecular weight excluding hydrogens is 366 g/mol. The quantitative estimate of drug-likeness (QED) is 0.693. The number of rotatable bonds is 5. The standard InChI is InChI=1S/C22H23N5O2/c1-26-13-15(10-24-26)22-11-23-20-5-4-16(8-21(20)25-22)27(12-14-2-3-14)17-6-18(28)9-19(29)7-17/h4-11,14-15,28-29H,2-3,12-13H2,1H3. The summed E-state index contributed by atoms with van der Waals surface area (Å²) in [6.45, 7) is 1.64. The molecule has 2 aliphatic rings. The monoisotopic (exact) mass is 389 g/mol. The molecule has 1 aliphatic heterocycles. The van der Waals surface area contributed by atoms with E-state index in [1.807, 2.05) is 42.7 Å². The minimum Gasteiger partial charge on any atom is -0.508 e. The van der Waals surface area contributed by atoms with Crippen molar-refractivity contribution < 1.29 is 10.2 Å². The topological polar surface area (TPSA) is 85.1 Å². The van der Waals surface area contributed by atoms with Crippen LogP contribution in [0.1, 0.15) is 24.5 Å². The first-order valence-corrected chi connectivity index (χ1v) is 9.88. The molecule has 3 aromatic rings. The zero-order valence-corrected chi connectivity index (χ0v) is 16.2. The number of anilines is 2. The highest BCUT2D eigenvalue weighted by atomic mass is 16.3. The molecular formula is C22H23N5O2. The Kier molecular flexibility index (Phi) is 4.23. The van der Waals surface area contributed by atoms with Gasteiger partial charge in [-0.15, -0.1) is 0 Å². The van der Waals surface area contributed by atoms with Gasteiger partial charge in [-0.05, 0) is 37.0 Å². The number of hydrogen-bond donors (Lipinski definition) is 2. The molecule has 7 heteroatoms. The molecule has 1 unspecified atom stereocenters. The molecule has 0 spiro atoms. The summed E-state index contributed by atoms with van der Waals surface area (Å²) in [6.07, 6.45) is 6.14. The normalized spacial score (nSPS) is 18.5. The maximum atomic E-state index is 9.96. The molecule has 2 heterocycles. The zero-order chi connectivity index (χ0) is 20.0. The van der Waals surface area contributed by atoms with E-state index in [-0.39, 0.29) is 17.4 Å². The maximum Gasteiger partial charge on any atom is 0.121 e. The average molecular weight is 389 g/mol. The predicted molar refractivity (Wildman–Crippen MR) is 113 cm³/mol. The van der Waals surface area contributed by atoms with E-state index < -0.39 is 0 Å². The molecule has 0 saturated heterocycles. The Balaban J connectivity index is 1.54. The van der Waals surface area contributed by atoms with Crippen LogP contribution in [0.25, 0.3) is 11.0 Å². The minimum atomic E-state index is 0.0494. The summed E-state index contributed by atoms with van der Waals surface area (Å²) in [6, 6.07) is 10.7. The molecule has 2 aromatic carbocycles. The SMILES string of the molecule is CN1CC(c2cnc3ccc(N(CC4CC4)c4cc(O)cc(O)c4)cc3n2)C=N1. The van der Waals surface area contributed by atoms with Gasteiger partial charge in [-0.3, -0.25) is 9.99 Å². The number of hydrazone groups is 1. The lowest BCUT2D eigenvalue weighted by Gasteiger charge is -2.25. The molecule has 1 fully saturated rings. The van der Waals surface area contributed by atoms with E-state index in [9.17, 15) is 10.2 Å². The molecule has 1 saturated carbocycles. The molecule has 1 atom stereocenters. The number of aromatic hydroxyl groups is 2. The van der Waals surface area contributed by atoms with Crippen molar-refractivity contribution in [1.82, 2.24) is 15.0 Å². The van der Waals surface area contributed by atoms with E-state index in [2.05, 4.69) is 15.0 Å².